The van der Waals surface area contributed by atoms with Gasteiger partial charge in [0.05, 0.1) is 12.3 Å². The fourth-order valence-electron chi connectivity index (χ4n) is 2.89. The van der Waals surface area contributed by atoms with Crippen LogP contribution in [-0.2, 0) is 16.0 Å². The van der Waals surface area contributed by atoms with E-state index >= 15 is 0 Å². The highest BCUT2D eigenvalue weighted by molar-refractivity contribution is 6.44. The molecule has 5 heteroatoms. The molecule has 1 aliphatic rings. The second-order valence-corrected chi connectivity index (χ2v) is 5.57. The molecule has 2 amide bonds. The van der Waals surface area contributed by atoms with Crippen LogP contribution in [0.5, 0.6) is 5.75 Å². The first kappa shape index (κ1) is 16.1. The summed E-state index contributed by atoms with van der Waals surface area (Å²) in [6, 6.07) is 14.8. The number of carbonyl (C=O) groups is 2. The molecule has 0 saturated heterocycles. The lowest BCUT2D eigenvalue weighted by atomic mass is 10.0. The lowest BCUT2D eigenvalue weighted by molar-refractivity contribution is -0.134. The standard InChI is InChI=1S/C19H20N2O3/c1-2-24-17-12-6-4-10-15(17)20-18(22)19(23)21-13-7-9-14-8-3-5-11-16(14)21/h3-6,8,10-12H,2,7,9,13H2,1H3,(H,20,22). The molecule has 5 nitrogen and oxygen atoms in total. The molecule has 0 aliphatic carbocycles. The maximum Gasteiger partial charge on any atom is 0.316 e. The Balaban J connectivity index is 1.78. The Labute approximate surface area is 141 Å². The number of para-hydroxylation sites is 3. The van der Waals surface area contributed by atoms with Gasteiger partial charge in [-0.15, -0.1) is 0 Å². The fraction of sp³-hybridized carbons (Fsp3) is 0.263. The van der Waals surface area contributed by atoms with Crippen molar-refractivity contribution in [3.05, 3.63) is 54.1 Å². The van der Waals surface area contributed by atoms with Crippen LogP contribution < -0.4 is 15.0 Å². The van der Waals surface area contributed by atoms with E-state index in [2.05, 4.69) is 5.32 Å². The number of nitrogens with one attached hydrogen (secondary N) is 1. The normalized spacial score (nSPS) is 13.1. The largest absolute Gasteiger partial charge is 0.492 e. The number of ether oxygens (including phenoxy) is 1. The third kappa shape index (κ3) is 3.25. The van der Waals surface area contributed by atoms with Crippen LogP contribution in [0.15, 0.2) is 48.5 Å². The molecule has 0 saturated carbocycles. The van der Waals surface area contributed by atoms with Crippen molar-refractivity contribution in [2.75, 3.05) is 23.4 Å². The van der Waals surface area contributed by atoms with Gasteiger partial charge in [-0.05, 0) is 43.5 Å². The number of amides is 2. The van der Waals surface area contributed by atoms with E-state index in [1.54, 1.807) is 23.1 Å². The molecule has 124 valence electrons. The summed E-state index contributed by atoms with van der Waals surface area (Å²) < 4.78 is 5.48. The Kier molecular flexibility index (Phi) is 4.79. The molecule has 1 heterocycles. The van der Waals surface area contributed by atoms with Crippen molar-refractivity contribution < 1.29 is 14.3 Å². The number of hydrogen-bond donors (Lipinski definition) is 1. The quantitative estimate of drug-likeness (QED) is 0.883. The van der Waals surface area contributed by atoms with Gasteiger partial charge in [0.15, 0.2) is 0 Å². The van der Waals surface area contributed by atoms with Crippen LogP contribution in [0.4, 0.5) is 11.4 Å². The zero-order valence-electron chi connectivity index (χ0n) is 13.6. The van der Waals surface area contributed by atoms with Gasteiger partial charge in [0, 0.05) is 12.2 Å². The summed E-state index contributed by atoms with van der Waals surface area (Å²) in [7, 11) is 0. The highest BCUT2D eigenvalue weighted by Gasteiger charge is 2.27. The van der Waals surface area contributed by atoms with Gasteiger partial charge in [-0.25, -0.2) is 0 Å². The van der Waals surface area contributed by atoms with Crippen molar-refractivity contribution in [1.82, 2.24) is 0 Å². The van der Waals surface area contributed by atoms with Crippen LogP contribution in [0.2, 0.25) is 0 Å². The van der Waals surface area contributed by atoms with Crippen molar-refractivity contribution in [1.29, 1.82) is 0 Å². The minimum absolute atomic E-state index is 0.486. The summed E-state index contributed by atoms with van der Waals surface area (Å²) in [5.74, 6) is -0.646. The number of rotatable bonds is 3. The zero-order valence-corrected chi connectivity index (χ0v) is 13.6. The van der Waals surface area contributed by atoms with Gasteiger partial charge < -0.3 is 15.0 Å². The molecule has 0 bridgehead atoms. The number of carbonyl (C=O) groups excluding carboxylic acids is 2. The van der Waals surface area contributed by atoms with Crippen molar-refractivity contribution in [3.8, 4) is 5.75 Å². The minimum atomic E-state index is -0.654. The number of benzene rings is 2. The number of nitrogens with zero attached hydrogens (tertiary/aromatic N) is 1. The monoisotopic (exact) mass is 324 g/mol. The van der Waals surface area contributed by atoms with Crippen molar-refractivity contribution in [3.63, 3.8) is 0 Å². The minimum Gasteiger partial charge on any atom is -0.492 e. The first-order chi connectivity index (χ1) is 11.7. The van der Waals surface area contributed by atoms with Crippen LogP contribution >= 0.6 is 0 Å². The van der Waals surface area contributed by atoms with Crippen molar-refractivity contribution >= 4 is 23.2 Å². The molecular formula is C19H20N2O3. The second kappa shape index (κ2) is 7.17. The lowest BCUT2D eigenvalue weighted by Gasteiger charge is -2.28. The predicted molar refractivity (Wildman–Crippen MR) is 93.4 cm³/mol. The molecule has 24 heavy (non-hydrogen) atoms. The molecular weight excluding hydrogens is 304 g/mol. The molecule has 0 fully saturated rings. The lowest BCUT2D eigenvalue weighted by Crippen LogP contribution is -2.42. The van der Waals surface area contributed by atoms with Gasteiger partial charge in [-0.2, -0.15) is 0 Å². The van der Waals surface area contributed by atoms with Gasteiger partial charge in [-0.1, -0.05) is 30.3 Å². The summed E-state index contributed by atoms with van der Waals surface area (Å²) in [6.07, 6.45) is 1.78. The summed E-state index contributed by atoms with van der Waals surface area (Å²) in [5, 5.41) is 2.67. The number of hydrogen-bond acceptors (Lipinski definition) is 3. The maximum atomic E-state index is 12.6. The maximum absolute atomic E-state index is 12.6. The van der Waals surface area contributed by atoms with E-state index in [4.69, 9.17) is 4.74 Å². The molecule has 2 aromatic rings. The zero-order chi connectivity index (χ0) is 16.9. The number of fused-ring (bicyclic) bond motifs is 1. The third-order valence-electron chi connectivity index (χ3n) is 3.98. The van der Waals surface area contributed by atoms with Gasteiger partial charge in [0.2, 0.25) is 0 Å². The van der Waals surface area contributed by atoms with Gasteiger partial charge in [0.1, 0.15) is 5.75 Å². The molecule has 0 unspecified atom stereocenters. The summed E-state index contributed by atoms with van der Waals surface area (Å²) in [5.41, 5.74) is 2.42. The smallest absolute Gasteiger partial charge is 0.316 e. The van der Waals surface area contributed by atoms with E-state index in [-0.39, 0.29) is 0 Å². The summed E-state index contributed by atoms with van der Waals surface area (Å²) >= 11 is 0. The Bertz CT molecular complexity index is 758. The molecule has 0 aromatic heterocycles. The van der Waals surface area contributed by atoms with E-state index in [0.717, 1.165) is 24.1 Å². The van der Waals surface area contributed by atoms with Gasteiger partial charge in [-0.3, -0.25) is 9.59 Å². The van der Waals surface area contributed by atoms with Crippen LogP contribution in [0, 0.1) is 0 Å². The average Bonchev–Trinajstić information content (AvgIpc) is 2.62. The molecule has 0 atom stereocenters. The summed E-state index contributed by atoms with van der Waals surface area (Å²) in [6.45, 7) is 2.91. The van der Waals surface area contributed by atoms with Crippen LogP contribution in [0.1, 0.15) is 18.9 Å². The Morgan fingerprint density at radius 1 is 1.12 bits per heavy atom. The SMILES string of the molecule is CCOc1ccccc1NC(=O)C(=O)N1CCCc2ccccc21. The van der Waals surface area contributed by atoms with Crippen LogP contribution in [0.25, 0.3) is 0 Å². The van der Waals surface area contributed by atoms with Crippen molar-refractivity contribution in [2.45, 2.75) is 19.8 Å². The molecule has 3 rings (SSSR count). The van der Waals surface area contributed by atoms with E-state index in [0.29, 0.717) is 24.6 Å². The van der Waals surface area contributed by atoms with Gasteiger partial charge >= 0.3 is 11.8 Å². The fourth-order valence-corrected chi connectivity index (χ4v) is 2.89. The Morgan fingerprint density at radius 2 is 1.88 bits per heavy atom. The third-order valence-corrected chi connectivity index (χ3v) is 3.98. The highest BCUT2D eigenvalue weighted by Crippen LogP contribution is 2.28. The molecule has 0 radical (unpaired) electrons. The van der Waals surface area contributed by atoms with Crippen LogP contribution in [0.3, 0.4) is 0 Å². The molecule has 1 N–H and O–H groups in total. The second-order valence-electron chi connectivity index (χ2n) is 5.57. The van der Waals surface area contributed by atoms with E-state index in [9.17, 15) is 9.59 Å². The Hall–Kier alpha value is -2.82. The molecule has 1 aliphatic heterocycles. The van der Waals surface area contributed by atoms with E-state index in [1.165, 1.54) is 0 Å². The molecule has 2 aromatic carbocycles. The molecule has 0 spiro atoms. The van der Waals surface area contributed by atoms with Crippen LogP contribution in [-0.4, -0.2) is 25.0 Å². The first-order valence-corrected chi connectivity index (χ1v) is 8.13. The number of anilines is 2. The first-order valence-electron chi connectivity index (χ1n) is 8.13. The van der Waals surface area contributed by atoms with Crippen molar-refractivity contribution in [2.24, 2.45) is 0 Å². The van der Waals surface area contributed by atoms with E-state index in [1.807, 2.05) is 37.3 Å². The Morgan fingerprint density at radius 3 is 2.71 bits per heavy atom. The predicted octanol–water partition coefficient (Wildman–Crippen LogP) is 3.00. The summed E-state index contributed by atoms with van der Waals surface area (Å²) in [4.78, 5) is 26.6. The number of aryl methyl sites for hydroxylation is 1. The highest BCUT2D eigenvalue weighted by atomic mass is 16.5. The van der Waals surface area contributed by atoms with E-state index < -0.39 is 11.8 Å². The topological polar surface area (TPSA) is 58.6 Å². The van der Waals surface area contributed by atoms with Gasteiger partial charge in [0.25, 0.3) is 0 Å². The average molecular weight is 324 g/mol.